The van der Waals surface area contributed by atoms with Crippen LogP contribution in [0.1, 0.15) is 23.0 Å². The van der Waals surface area contributed by atoms with E-state index in [1.54, 1.807) is 17.3 Å². The van der Waals surface area contributed by atoms with Crippen molar-refractivity contribution in [1.29, 1.82) is 0 Å². The van der Waals surface area contributed by atoms with Gasteiger partial charge in [-0.25, -0.2) is 0 Å². The van der Waals surface area contributed by atoms with Crippen LogP contribution in [0.2, 0.25) is 0 Å². The highest BCUT2D eigenvalue weighted by Crippen LogP contribution is 2.20. The minimum Gasteiger partial charge on any atom is -0.451 e. The molecule has 3 rings (SSSR count). The molecule has 0 N–H and O–H groups in total. The summed E-state index contributed by atoms with van der Waals surface area (Å²) in [6.45, 7) is 3.30. The van der Waals surface area contributed by atoms with Crippen molar-refractivity contribution < 1.29 is 9.21 Å². The molecule has 112 valence electrons. The average Bonchev–Trinajstić information content (AvgIpc) is 3.00. The lowest BCUT2D eigenvalue weighted by Crippen LogP contribution is -2.32. The second-order valence-corrected chi connectivity index (χ2v) is 5.14. The van der Waals surface area contributed by atoms with E-state index >= 15 is 0 Å². The minimum atomic E-state index is -0.0623. The van der Waals surface area contributed by atoms with E-state index in [9.17, 15) is 4.79 Å². The zero-order chi connectivity index (χ0) is 15.4. The van der Waals surface area contributed by atoms with E-state index in [0.717, 1.165) is 17.4 Å². The monoisotopic (exact) mass is 294 g/mol. The molecule has 4 heteroatoms. The molecule has 0 fully saturated rings. The van der Waals surface area contributed by atoms with Gasteiger partial charge in [0.15, 0.2) is 5.76 Å². The number of fused-ring (bicyclic) bond motifs is 1. The molecule has 0 unspecified atom stereocenters. The molecule has 0 aliphatic heterocycles. The first kappa shape index (κ1) is 14.3. The van der Waals surface area contributed by atoms with Gasteiger partial charge in [-0.1, -0.05) is 18.2 Å². The highest BCUT2D eigenvalue weighted by Gasteiger charge is 2.18. The molecule has 0 saturated carbocycles. The molecule has 0 atom stereocenters. The number of nitrogens with zero attached hydrogens (tertiary/aromatic N) is 2. The fourth-order valence-electron chi connectivity index (χ4n) is 2.46. The minimum absolute atomic E-state index is 0.0623. The fourth-order valence-corrected chi connectivity index (χ4v) is 2.46. The van der Waals surface area contributed by atoms with Crippen molar-refractivity contribution in [2.75, 3.05) is 13.1 Å². The standard InChI is InChI=1S/C18H18N2O2/c1-2-20(12-9-14-7-10-19-11-8-14)18(21)17-13-15-5-3-4-6-16(15)22-17/h3-8,10-11,13H,2,9,12H2,1H3. The number of amides is 1. The van der Waals surface area contributed by atoms with E-state index in [1.165, 1.54) is 5.56 Å². The third kappa shape index (κ3) is 3.01. The predicted molar refractivity (Wildman–Crippen MR) is 85.7 cm³/mol. The van der Waals surface area contributed by atoms with Crippen LogP contribution in [0.3, 0.4) is 0 Å². The molecule has 2 heterocycles. The Labute approximate surface area is 129 Å². The van der Waals surface area contributed by atoms with Gasteiger partial charge in [-0.2, -0.15) is 0 Å². The lowest BCUT2D eigenvalue weighted by Gasteiger charge is -2.19. The first-order chi connectivity index (χ1) is 10.8. The number of likely N-dealkylation sites (N-methyl/N-ethyl adjacent to an activating group) is 1. The second kappa shape index (κ2) is 6.43. The van der Waals surface area contributed by atoms with E-state index in [0.29, 0.717) is 18.8 Å². The molecule has 1 aromatic carbocycles. The molecule has 3 aromatic rings. The summed E-state index contributed by atoms with van der Waals surface area (Å²) in [5, 5.41) is 0.955. The molecular formula is C18H18N2O2. The molecule has 22 heavy (non-hydrogen) atoms. The summed E-state index contributed by atoms with van der Waals surface area (Å²) in [5.41, 5.74) is 1.92. The number of hydrogen-bond donors (Lipinski definition) is 0. The molecule has 0 aliphatic rings. The van der Waals surface area contributed by atoms with Gasteiger partial charge >= 0.3 is 0 Å². The predicted octanol–water partition coefficient (Wildman–Crippen LogP) is 3.53. The van der Waals surface area contributed by atoms with Crippen molar-refractivity contribution >= 4 is 16.9 Å². The maximum Gasteiger partial charge on any atom is 0.289 e. The maximum atomic E-state index is 12.6. The van der Waals surface area contributed by atoms with Gasteiger partial charge in [0.1, 0.15) is 5.58 Å². The van der Waals surface area contributed by atoms with Crippen LogP contribution in [-0.2, 0) is 6.42 Å². The van der Waals surface area contributed by atoms with Crippen LogP contribution in [0.25, 0.3) is 11.0 Å². The lowest BCUT2D eigenvalue weighted by molar-refractivity contribution is 0.0736. The molecule has 0 spiro atoms. The number of para-hydroxylation sites is 1. The zero-order valence-corrected chi connectivity index (χ0v) is 12.5. The summed E-state index contributed by atoms with van der Waals surface area (Å²) < 4.78 is 5.66. The van der Waals surface area contributed by atoms with E-state index in [2.05, 4.69) is 4.98 Å². The Bertz CT molecular complexity index is 732. The summed E-state index contributed by atoms with van der Waals surface area (Å²) in [4.78, 5) is 18.4. The average molecular weight is 294 g/mol. The molecule has 0 bridgehead atoms. The second-order valence-electron chi connectivity index (χ2n) is 5.14. The van der Waals surface area contributed by atoms with Crippen LogP contribution in [0.4, 0.5) is 0 Å². The number of benzene rings is 1. The number of rotatable bonds is 5. The van der Waals surface area contributed by atoms with E-state index in [-0.39, 0.29) is 5.91 Å². The zero-order valence-electron chi connectivity index (χ0n) is 12.5. The van der Waals surface area contributed by atoms with E-state index in [1.807, 2.05) is 49.4 Å². The number of carbonyl (C=O) groups excluding carboxylic acids is 1. The molecule has 1 amide bonds. The van der Waals surface area contributed by atoms with Gasteiger partial charge in [-0.05, 0) is 43.2 Å². The summed E-state index contributed by atoms with van der Waals surface area (Å²) >= 11 is 0. The van der Waals surface area contributed by atoms with Gasteiger partial charge in [0.05, 0.1) is 0 Å². The number of aromatic nitrogens is 1. The Kier molecular flexibility index (Phi) is 4.19. The Morgan fingerprint density at radius 3 is 2.68 bits per heavy atom. The number of carbonyl (C=O) groups is 1. The van der Waals surface area contributed by atoms with Crippen molar-refractivity contribution in [3.63, 3.8) is 0 Å². The quantitative estimate of drug-likeness (QED) is 0.723. The number of furan rings is 1. The largest absolute Gasteiger partial charge is 0.451 e. The van der Waals surface area contributed by atoms with Crippen LogP contribution in [-0.4, -0.2) is 28.9 Å². The normalized spacial score (nSPS) is 10.8. The molecule has 2 aromatic heterocycles. The fraction of sp³-hybridized carbons (Fsp3) is 0.222. The van der Waals surface area contributed by atoms with E-state index < -0.39 is 0 Å². The van der Waals surface area contributed by atoms with Crippen molar-refractivity contribution in [3.8, 4) is 0 Å². The molecular weight excluding hydrogens is 276 g/mol. The SMILES string of the molecule is CCN(CCc1ccncc1)C(=O)c1cc2ccccc2o1. The first-order valence-electron chi connectivity index (χ1n) is 7.44. The van der Waals surface area contributed by atoms with Crippen molar-refractivity contribution in [2.24, 2.45) is 0 Å². The summed E-state index contributed by atoms with van der Waals surface area (Å²) in [5.74, 6) is 0.338. The molecule has 0 aliphatic carbocycles. The number of pyridine rings is 1. The topological polar surface area (TPSA) is 46.3 Å². The highest BCUT2D eigenvalue weighted by molar-refractivity contribution is 5.96. The Morgan fingerprint density at radius 2 is 1.95 bits per heavy atom. The van der Waals surface area contributed by atoms with Gasteiger partial charge in [-0.15, -0.1) is 0 Å². The van der Waals surface area contributed by atoms with Crippen LogP contribution >= 0.6 is 0 Å². The van der Waals surface area contributed by atoms with Crippen LogP contribution in [0.15, 0.2) is 59.3 Å². The van der Waals surface area contributed by atoms with Crippen LogP contribution in [0.5, 0.6) is 0 Å². The van der Waals surface area contributed by atoms with Crippen molar-refractivity contribution in [2.45, 2.75) is 13.3 Å². The van der Waals surface area contributed by atoms with Gasteiger partial charge < -0.3 is 9.32 Å². The number of hydrogen-bond acceptors (Lipinski definition) is 3. The van der Waals surface area contributed by atoms with E-state index in [4.69, 9.17) is 4.42 Å². The Balaban J connectivity index is 1.73. The van der Waals surface area contributed by atoms with Crippen LogP contribution in [0, 0.1) is 0 Å². The first-order valence-corrected chi connectivity index (χ1v) is 7.44. The van der Waals surface area contributed by atoms with Gasteiger partial charge in [0.2, 0.25) is 0 Å². The molecule has 0 radical (unpaired) electrons. The van der Waals surface area contributed by atoms with Crippen molar-refractivity contribution in [3.05, 3.63) is 66.2 Å². The summed E-state index contributed by atoms with van der Waals surface area (Å²) in [6, 6.07) is 13.4. The summed E-state index contributed by atoms with van der Waals surface area (Å²) in [7, 11) is 0. The van der Waals surface area contributed by atoms with Gasteiger partial charge in [-0.3, -0.25) is 9.78 Å². The Hall–Kier alpha value is -2.62. The Morgan fingerprint density at radius 1 is 1.18 bits per heavy atom. The van der Waals surface area contributed by atoms with Crippen LogP contribution < -0.4 is 0 Å². The third-order valence-electron chi connectivity index (χ3n) is 3.72. The highest BCUT2D eigenvalue weighted by atomic mass is 16.3. The third-order valence-corrected chi connectivity index (χ3v) is 3.72. The smallest absolute Gasteiger partial charge is 0.289 e. The molecule has 0 saturated heterocycles. The molecule has 4 nitrogen and oxygen atoms in total. The van der Waals surface area contributed by atoms with Gasteiger partial charge in [0, 0.05) is 30.9 Å². The lowest BCUT2D eigenvalue weighted by atomic mass is 10.2. The summed E-state index contributed by atoms with van der Waals surface area (Å²) in [6.07, 6.45) is 4.35. The maximum absolute atomic E-state index is 12.6. The van der Waals surface area contributed by atoms with Crippen molar-refractivity contribution in [1.82, 2.24) is 9.88 Å². The van der Waals surface area contributed by atoms with Gasteiger partial charge in [0.25, 0.3) is 5.91 Å².